The number of piperidine rings is 2. The minimum atomic E-state index is -5.08. The molecule has 1 saturated carbocycles. The van der Waals surface area contributed by atoms with Gasteiger partial charge in [-0.2, -0.15) is 13.2 Å². The van der Waals surface area contributed by atoms with Gasteiger partial charge in [-0.3, -0.25) is 9.69 Å². The summed E-state index contributed by atoms with van der Waals surface area (Å²) in [7, 11) is 0. The standard InChI is InChI=1S/C34H53N3O3.C2HF3O2/c1-5-6-12-29-24-37(23-28-10-8-7-9-11-28)33(39)40-34(29)15-19-35(20-16-34)30-13-17-36(18-14-30)32(38)31-26(3)21-25(2)22-27(31)4;3-2(4,5)1(6)7/h21-22,28-30H,5-20,23-24H2,1-4H3;(H,6,7). The summed E-state index contributed by atoms with van der Waals surface area (Å²) < 4.78 is 38.2. The summed E-state index contributed by atoms with van der Waals surface area (Å²) in [5, 5.41) is 7.12. The Morgan fingerprint density at radius 2 is 1.53 bits per heavy atom. The average Bonchev–Trinajstić information content (AvgIpc) is 3.02. The lowest BCUT2D eigenvalue weighted by Crippen LogP contribution is -2.61. The third-order valence-electron chi connectivity index (χ3n) is 10.9. The van der Waals surface area contributed by atoms with Gasteiger partial charge in [0.1, 0.15) is 5.60 Å². The zero-order chi connectivity index (χ0) is 34.4. The van der Waals surface area contributed by atoms with Crippen LogP contribution in [0.3, 0.4) is 0 Å². The zero-order valence-corrected chi connectivity index (χ0v) is 28.7. The maximum atomic E-state index is 13.4. The normalized spacial score (nSPS) is 22.9. The number of aliphatic carboxylic acids is 1. The van der Waals surface area contributed by atoms with Crippen molar-refractivity contribution < 1.29 is 37.4 Å². The number of hydrogen-bond donors (Lipinski definition) is 1. The van der Waals surface area contributed by atoms with Gasteiger partial charge in [-0.15, -0.1) is 0 Å². The van der Waals surface area contributed by atoms with E-state index < -0.39 is 12.1 Å². The number of ether oxygens (including phenoxy) is 1. The van der Waals surface area contributed by atoms with Gasteiger partial charge in [-0.25, -0.2) is 9.59 Å². The molecule has 264 valence electrons. The van der Waals surface area contributed by atoms with Crippen LogP contribution in [-0.4, -0.2) is 94.9 Å². The lowest BCUT2D eigenvalue weighted by atomic mass is 9.75. The Morgan fingerprint density at radius 1 is 0.957 bits per heavy atom. The third-order valence-corrected chi connectivity index (χ3v) is 10.9. The van der Waals surface area contributed by atoms with Gasteiger partial charge >= 0.3 is 18.2 Å². The van der Waals surface area contributed by atoms with E-state index in [4.69, 9.17) is 14.6 Å². The van der Waals surface area contributed by atoms with E-state index in [1.807, 2.05) is 0 Å². The molecule has 0 aromatic heterocycles. The molecule has 47 heavy (non-hydrogen) atoms. The molecule has 3 saturated heterocycles. The Balaban J connectivity index is 0.000000644. The Bertz CT molecular complexity index is 1210. The number of unbranched alkanes of at least 4 members (excludes halogenated alkanes) is 1. The van der Waals surface area contributed by atoms with Crippen molar-refractivity contribution in [2.24, 2.45) is 11.8 Å². The van der Waals surface area contributed by atoms with Crippen molar-refractivity contribution in [1.29, 1.82) is 0 Å². The summed E-state index contributed by atoms with van der Waals surface area (Å²) >= 11 is 0. The molecule has 1 aliphatic carbocycles. The molecule has 4 aliphatic rings. The van der Waals surface area contributed by atoms with Crippen LogP contribution in [0.1, 0.15) is 111 Å². The van der Waals surface area contributed by atoms with Gasteiger partial charge in [0.15, 0.2) is 0 Å². The largest absolute Gasteiger partial charge is 0.490 e. The van der Waals surface area contributed by atoms with Crippen molar-refractivity contribution in [2.45, 2.75) is 123 Å². The lowest BCUT2D eigenvalue weighted by molar-refractivity contribution is -0.192. The second-order valence-corrected chi connectivity index (χ2v) is 14.3. The number of aryl methyl sites for hydroxylation is 3. The second-order valence-electron chi connectivity index (χ2n) is 14.3. The van der Waals surface area contributed by atoms with Crippen LogP contribution in [0.4, 0.5) is 18.0 Å². The fourth-order valence-corrected chi connectivity index (χ4v) is 8.35. The highest BCUT2D eigenvalue weighted by Crippen LogP contribution is 2.42. The highest BCUT2D eigenvalue weighted by atomic mass is 19.4. The molecule has 1 aromatic rings. The molecule has 11 heteroatoms. The van der Waals surface area contributed by atoms with Crippen LogP contribution < -0.4 is 0 Å². The number of amides is 2. The van der Waals surface area contributed by atoms with Crippen LogP contribution in [0.5, 0.6) is 0 Å². The summed E-state index contributed by atoms with van der Waals surface area (Å²) in [6, 6.07) is 4.76. The van der Waals surface area contributed by atoms with Crippen LogP contribution >= 0.6 is 0 Å². The molecular weight excluding hydrogens is 611 g/mol. The highest BCUT2D eigenvalue weighted by Gasteiger charge is 2.50. The first-order chi connectivity index (χ1) is 22.2. The molecule has 4 fully saturated rings. The van der Waals surface area contributed by atoms with Gasteiger partial charge in [-0.1, -0.05) is 56.7 Å². The molecule has 3 heterocycles. The average molecular weight is 666 g/mol. The zero-order valence-electron chi connectivity index (χ0n) is 28.7. The van der Waals surface area contributed by atoms with E-state index in [9.17, 15) is 22.8 Å². The van der Waals surface area contributed by atoms with Gasteiger partial charge in [0.2, 0.25) is 0 Å². The van der Waals surface area contributed by atoms with Crippen LogP contribution in [-0.2, 0) is 9.53 Å². The van der Waals surface area contributed by atoms with E-state index in [1.54, 1.807) is 0 Å². The molecule has 1 spiro atoms. The van der Waals surface area contributed by atoms with Gasteiger partial charge in [-0.05, 0) is 69.9 Å². The number of rotatable bonds is 7. The van der Waals surface area contributed by atoms with Crippen molar-refractivity contribution in [3.8, 4) is 0 Å². The number of benzene rings is 1. The molecule has 3 aliphatic heterocycles. The number of carboxylic acids is 1. The summed E-state index contributed by atoms with van der Waals surface area (Å²) in [5.41, 5.74) is 3.98. The first-order valence-electron chi connectivity index (χ1n) is 17.6. The van der Waals surface area contributed by atoms with E-state index >= 15 is 0 Å². The number of carbonyl (C=O) groups is 3. The molecule has 2 amide bonds. The van der Waals surface area contributed by atoms with Crippen molar-refractivity contribution in [1.82, 2.24) is 14.7 Å². The van der Waals surface area contributed by atoms with Crippen LogP contribution in [0.15, 0.2) is 12.1 Å². The summed E-state index contributed by atoms with van der Waals surface area (Å²) in [4.78, 5) is 42.3. The van der Waals surface area contributed by atoms with E-state index in [-0.39, 0.29) is 17.6 Å². The van der Waals surface area contributed by atoms with Gasteiger partial charge in [0.05, 0.1) is 0 Å². The van der Waals surface area contributed by atoms with Crippen molar-refractivity contribution in [2.75, 3.05) is 39.3 Å². The molecule has 1 aromatic carbocycles. The van der Waals surface area contributed by atoms with Crippen molar-refractivity contribution in [3.63, 3.8) is 0 Å². The number of carbonyl (C=O) groups excluding carboxylic acids is 2. The Hall–Kier alpha value is -2.82. The summed E-state index contributed by atoms with van der Waals surface area (Å²) in [6.45, 7) is 13.9. The van der Waals surface area contributed by atoms with Crippen LogP contribution in [0.25, 0.3) is 0 Å². The quantitative estimate of drug-likeness (QED) is 0.324. The molecule has 0 bridgehead atoms. The maximum absolute atomic E-state index is 13.4. The molecule has 8 nitrogen and oxygen atoms in total. The third kappa shape index (κ3) is 9.42. The van der Waals surface area contributed by atoms with E-state index in [1.165, 1.54) is 50.5 Å². The Labute approximate surface area is 278 Å². The second kappa shape index (κ2) is 16.1. The molecule has 1 unspecified atom stereocenters. The monoisotopic (exact) mass is 665 g/mol. The number of likely N-dealkylation sites (tertiary alicyclic amines) is 2. The summed E-state index contributed by atoms with van der Waals surface area (Å²) in [6.07, 6.45) is 8.85. The number of carboxylic acid groups (broad SMARTS) is 1. The molecule has 1 N–H and O–H groups in total. The predicted octanol–water partition coefficient (Wildman–Crippen LogP) is 7.52. The van der Waals surface area contributed by atoms with Gasteiger partial charge in [0, 0.05) is 69.6 Å². The van der Waals surface area contributed by atoms with Crippen LogP contribution in [0.2, 0.25) is 0 Å². The molecule has 0 radical (unpaired) electrons. The SMILES string of the molecule is CCCCC1CN(CC2CCCCC2)C(=O)OC12CCN(C1CCN(C(=O)c3c(C)cc(C)cc3C)CC1)CC2.O=C(O)C(F)(F)F. The topological polar surface area (TPSA) is 90.4 Å². The van der Waals surface area contributed by atoms with E-state index in [0.29, 0.717) is 17.9 Å². The number of alkyl halides is 3. The highest BCUT2D eigenvalue weighted by molar-refractivity contribution is 5.97. The van der Waals surface area contributed by atoms with Crippen molar-refractivity contribution >= 4 is 18.0 Å². The smallest absolute Gasteiger partial charge is 0.475 e. The Kier molecular flexibility index (Phi) is 12.6. The van der Waals surface area contributed by atoms with Crippen LogP contribution in [0, 0.1) is 32.6 Å². The lowest BCUT2D eigenvalue weighted by Gasteiger charge is -2.52. The number of nitrogens with zero attached hydrogens (tertiary/aromatic N) is 3. The van der Waals surface area contributed by atoms with Gasteiger partial charge in [0.25, 0.3) is 5.91 Å². The minimum absolute atomic E-state index is 0.0553. The summed E-state index contributed by atoms with van der Waals surface area (Å²) in [5.74, 6) is -1.47. The number of hydrogen-bond acceptors (Lipinski definition) is 5. The van der Waals surface area contributed by atoms with E-state index in [0.717, 1.165) is 88.1 Å². The van der Waals surface area contributed by atoms with Crippen molar-refractivity contribution in [3.05, 3.63) is 34.4 Å². The predicted molar refractivity (Wildman–Crippen MR) is 174 cm³/mol. The van der Waals surface area contributed by atoms with Gasteiger partial charge < -0.3 is 19.6 Å². The molecule has 1 atom stereocenters. The van der Waals surface area contributed by atoms with E-state index in [2.05, 4.69) is 54.5 Å². The first-order valence-corrected chi connectivity index (χ1v) is 17.6. The fourth-order valence-electron chi connectivity index (χ4n) is 8.35. The minimum Gasteiger partial charge on any atom is -0.475 e. The maximum Gasteiger partial charge on any atom is 0.490 e. The molecule has 5 rings (SSSR count). The fraction of sp³-hybridized carbons (Fsp3) is 0.750. The first kappa shape index (κ1) is 37.0. The Morgan fingerprint density at radius 3 is 2.06 bits per heavy atom. The molecular formula is C36H54F3N3O5. The number of halogens is 3.